The Labute approximate surface area is 168 Å². The molecule has 15 heteroatoms. The van der Waals surface area contributed by atoms with Crippen LogP contribution in [0.4, 0.5) is 48.3 Å². The summed E-state index contributed by atoms with van der Waals surface area (Å²) in [7, 11) is 0. The fraction of sp³-hybridized carbons (Fsp3) is 0.929. The Hall–Kier alpha value is -0.570. The van der Waals surface area contributed by atoms with Gasteiger partial charge in [-0.25, -0.2) is 0 Å². The van der Waals surface area contributed by atoms with E-state index in [9.17, 15) is 48.3 Å². The number of halogens is 11. The van der Waals surface area contributed by atoms with E-state index >= 15 is 0 Å². The lowest BCUT2D eigenvalue weighted by Crippen LogP contribution is -2.58. The maximum atomic E-state index is 13.9. The van der Waals surface area contributed by atoms with Crippen LogP contribution in [0.3, 0.4) is 0 Å². The van der Waals surface area contributed by atoms with E-state index in [0.717, 1.165) is 25.7 Å². The summed E-state index contributed by atoms with van der Waals surface area (Å²) < 4.78 is 145. The molecule has 0 radical (unpaired) electrons. The van der Waals surface area contributed by atoms with Crippen LogP contribution >= 0.6 is 24.0 Å². The first-order chi connectivity index (χ1) is 12.9. The van der Waals surface area contributed by atoms with Gasteiger partial charge in [-0.2, -0.15) is 48.3 Å². The molecule has 0 amide bonds. The molecule has 174 valence electrons. The molecule has 1 unspecified atom stereocenters. The first-order valence-corrected chi connectivity index (χ1v) is 9.27. The van der Waals surface area contributed by atoms with Gasteiger partial charge < -0.3 is 4.74 Å². The molecule has 0 aliphatic rings. The minimum absolute atomic E-state index is 0.249. The van der Waals surface area contributed by atoms with E-state index in [1.54, 1.807) is 0 Å². The molecule has 0 saturated carbocycles. The smallest absolute Gasteiger partial charge is 0.462 e. The quantitative estimate of drug-likeness (QED) is 0.130. The number of alkyl halides is 11. The fourth-order valence-corrected chi connectivity index (χ4v) is 2.73. The maximum absolute atomic E-state index is 13.9. The van der Waals surface area contributed by atoms with Gasteiger partial charge in [0, 0.05) is 11.8 Å². The first-order valence-electron chi connectivity index (χ1n) is 8.05. The lowest BCUT2D eigenvalue weighted by Gasteiger charge is -2.34. The Morgan fingerprint density at radius 1 is 0.759 bits per heavy atom. The molecule has 1 atom stereocenters. The molecule has 0 aliphatic carbocycles. The number of hydrogen-bond donors (Lipinski definition) is 0. The Morgan fingerprint density at radius 3 is 1.69 bits per heavy atom. The predicted molar refractivity (Wildman–Crippen MR) is 86.4 cm³/mol. The Kier molecular flexibility index (Phi) is 10.4. The van der Waals surface area contributed by atoms with Crippen LogP contribution in [0.1, 0.15) is 45.4 Å². The molecule has 0 heterocycles. The molecule has 0 rings (SSSR count). The minimum atomic E-state index is -7.11. The lowest BCUT2D eigenvalue weighted by molar-refractivity contribution is -0.464. The van der Waals surface area contributed by atoms with Crippen LogP contribution < -0.4 is 0 Å². The summed E-state index contributed by atoms with van der Waals surface area (Å²) in [5, 5.41) is -5.72. The van der Waals surface area contributed by atoms with Crippen molar-refractivity contribution in [3.8, 4) is 0 Å². The summed E-state index contributed by atoms with van der Waals surface area (Å²) in [6.07, 6.45) is -16.0. The lowest BCUT2D eigenvalue weighted by atomic mass is 10.1. The molecule has 0 N–H and O–H groups in total. The van der Waals surface area contributed by atoms with Crippen LogP contribution in [0.5, 0.6) is 0 Å². The third kappa shape index (κ3) is 8.23. The summed E-state index contributed by atoms with van der Waals surface area (Å²) in [5.74, 6) is -7.11. The highest BCUT2D eigenvalue weighted by Crippen LogP contribution is 2.54. The molecule has 0 fully saturated rings. The van der Waals surface area contributed by atoms with Gasteiger partial charge >= 0.3 is 29.6 Å². The summed E-state index contributed by atoms with van der Waals surface area (Å²) in [6, 6.07) is 0. The van der Waals surface area contributed by atoms with Crippen molar-refractivity contribution in [3.63, 3.8) is 0 Å². The van der Waals surface area contributed by atoms with Gasteiger partial charge in [0.25, 0.3) is 0 Å². The summed E-state index contributed by atoms with van der Waals surface area (Å²) in [4.78, 5) is 0. The second-order valence-electron chi connectivity index (χ2n) is 5.69. The molecule has 0 saturated heterocycles. The van der Waals surface area contributed by atoms with Gasteiger partial charge in [0.05, 0.1) is 6.61 Å². The van der Waals surface area contributed by atoms with Crippen molar-refractivity contribution < 1.29 is 57.8 Å². The third-order valence-electron chi connectivity index (χ3n) is 3.25. The number of thioether (sulfide) groups is 1. The fourth-order valence-electron chi connectivity index (χ4n) is 1.71. The SMILES string of the molecule is CCCCCCCCOC(=S)SC(F)(OC(F)(F)C(F)(F)C(F)(F)F)C(F)(F)F. The second-order valence-corrected chi connectivity index (χ2v) is 7.42. The van der Waals surface area contributed by atoms with Gasteiger partial charge in [0.1, 0.15) is 0 Å². The number of ether oxygens (including phenoxy) is 2. The van der Waals surface area contributed by atoms with Crippen LogP contribution in [-0.2, 0) is 9.47 Å². The number of thiocarbonyl (C=S) groups is 1. The molecule has 0 aliphatic heterocycles. The molecule has 0 spiro atoms. The van der Waals surface area contributed by atoms with E-state index in [1.807, 2.05) is 6.92 Å². The summed E-state index contributed by atoms with van der Waals surface area (Å²) >= 11 is 2.81. The molecule has 2 nitrogen and oxygen atoms in total. The molecule has 0 aromatic carbocycles. The molecule has 0 aromatic heterocycles. The van der Waals surface area contributed by atoms with Crippen molar-refractivity contribution in [1.82, 2.24) is 0 Å². The highest BCUT2D eigenvalue weighted by Gasteiger charge is 2.78. The van der Waals surface area contributed by atoms with Crippen molar-refractivity contribution in [2.75, 3.05) is 6.61 Å². The zero-order valence-corrected chi connectivity index (χ0v) is 16.4. The highest BCUT2D eigenvalue weighted by molar-refractivity contribution is 8.23. The van der Waals surface area contributed by atoms with E-state index in [1.165, 1.54) is 0 Å². The van der Waals surface area contributed by atoms with Crippen molar-refractivity contribution in [1.29, 1.82) is 0 Å². The minimum Gasteiger partial charge on any atom is -0.478 e. The normalized spacial score (nSPS) is 15.9. The number of hydrogen-bond acceptors (Lipinski definition) is 4. The average Bonchev–Trinajstić information content (AvgIpc) is 2.51. The van der Waals surface area contributed by atoms with Gasteiger partial charge in [-0.1, -0.05) is 39.0 Å². The van der Waals surface area contributed by atoms with Crippen molar-refractivity contribution in [3.05, 3.63) is 0 Å². The Bertz CT molecular complexity index is 523. The van der Waals surface area contributed by atoms with Gasteiger partial charge in [0.15, 0.2) is 0 Å². The van der Waals surface area contributed by atoms with E-state index in [2.05, 4.69) is 21.7 Å². The molecular formula is C14H17F11O2S2. The van der Waals surface area contributed by atoms with Gasteiger partial charge in [0.2, 0.25) is 4.38 Å². The summed E-state index contributed by atoms with van der Waals surface area (Å²) in [5.41, 5.74) is 0. The van der Waals surface area contributed by atoms with Crippen molar-refractivity contribution in [2.24, 2.45) is 0 Å². The van der Waals surface area contributed by atoms with E-state index in [4.69, 9.17) is 0 Å². The Balaban J connectivity index is 5.06. The van der Waals surface area contributed by atoms with E-state index in [0.29, 0.717) is 6.42 Å². The molecule has 0 bridgehead atoms. The van der Waals surface area contributed by atoms with Gasteiger partial charge in [-0.15, -0.1) is 0 Å². The highest BCUT2D eigenvalue weighted by atomic mass is 32.2. The number of unbranched alkanes of at least 4 members (excludes halogenated alkanes) is 5. The van der Waals surface area contributed by atoms with Crippen LogP contribution in [0.15, 0.2) is 0 Å². The zero-order chi connectivity index (χ0) is 23.1. The second kappa shape index (κ2) is 10.6. The summed E-state index contributed by atoms with van der Waals surface area (Å²) in [6.45, 7) is 1.61. The van der Waals surface area contributed by atoms with Crippen molar-refractivity contribution in [2.45, 2.75) is 75.0 Å². The standard InChI is InChI=1S/C14H17F11O2S2/c1-2-3-4-5-6-7-8-26-9(28)29-14(25,12(20,21)22)27-13(23,24)10(15,16)11(17,18)19/h2-8H2,1H3. The zero-order valence-electron chi connectivity index (χ0n) is 14.7. The molecular weight excluding hydrogens is 473 g/mol. The van der Waals surface area contributed by atoms with Crippen LogP contribution in [-0.4, -0.2) is 40.6 Å². The molecule has 0 aromatic rings. The topological polar surface area (TPSA) is 18.5 Å². The van der Waals surface area contributed by atoms with E-state index < -0.39 is 45.7 Å². The largest absolute Gasteiger partial charge is 0.478 e. The average molecular weight is 490 g/mol. The van der Waals surface area contributed by atoms with Gasteiger partial charge in [-0.05, 0) is 18.6 Å². The first kappa shape index (κ1) is 28.4. The van der Waals surface area contributed by atoms with Crippen LogP contribution in [0.25, 0.3) is 0 Å². The Morgan fingerprint density at radius 2 is 1.24 bits per heavy atom. The molecule has 29 heavy (non-hydrogen) atoms. The monoisotopic (exact) mass is 490 g/mol. The predicted octanol–water partition coefficient (Wildman–Crippen LogP) is 7.37. The maximum Gasteiger partial charge on any atom is 0.462 e. The third-order valence-corrected chi connectivity index (χ3v) is 4.48. The van der Waals surface area contributed by atoms with Crippen LogP contribution in [0, 0.1) is 0 Å². The van der Waals surface area contributed by atoms with Crippen molar-refractivity contribution >= 4 is 28.4 Å². The number of rotatable bonds is 11. The van der Waals surface area contributed by atoms with Gasteiger partial charge in [-0.3, -0.25) is 4.74 Å². The van der Waals surface area contributed by atoms with E-state index in [-0.39, 0.29) is 13.0 Å². The van der Waals surface area contributed by atoms with Crippen LogP contribution in [0.2, 0.25) is 0 Å².